The minimum absolute atomic E-state index is 0.238. The zero-order valence-electron chi connectivity index (χ0n) is 14.5. The highest BCUT2D eigenvalue weighted by Crippen LogP contribution is 2.43. The third-order valence-corrected chi connectivity index (χ3v) is 5.46. The highest BCUT2D eigenvalue weighted by atomic mass is 32.2. The first-order valence-corrected chi connectivity index (χ1v) is 9.63. The molecule has 128 valence electrons. The third-order valence-electron chi connectivity index (χ3n) is 4.63. The summed E-state index contributed by atoms with van der Waals surface area (Å²) in [5.74, 6) is -0.238. The van der Waals surface area contributed by atoms with Crippen LogP contribution in [0.2, 0.25) is 0 Å². The molecule has 0 atom stereocenters. The Morgan fingerprint density at radius 2 is 2.08 bits per heavy atom. The van der Waals surface area contributed by atoms with Gasteiger partial charge in [0.2, 0.25) is 0 Å². The molecular formula is C22H21FOS. The summed E-state index contributed by atoms with van der Waals surface area (Å²) in [7, 11) is 0. The number of rotatable bonds is 5. The number of thioether (sulfide) groups is 1. The van der Waals surface area contributed by atoms with E-state index in [0.717, 1.165) is 46.1 Å². The van der Waals surface area contributed by atoms with Gasteiger partial charge >= 0.3 is 0 Å². The molecule has 0 aliphatic heterocycles. The average Bonchev–Trinajstić information content (AvgIpc) is 2.77. The van der Waals surface area contributed by atoms with Crippen molar-refractivity contribution >= 4 is 29.2 Å². The molecule has 0 saturated heterocycles. The maximum Gasteiger partial charge on any atom is 0.123 e. The van der Waals surface area contributed by atoms with E-state index in [0.29, 0.717) is 12.8 Å². The number of allylic oxidation sites excluding steroid dienone is 10. The lowest BCUT2D eigenvalue weighted by Gasteiger charge is -2.04. The van der Waals surface area contributed by atoms with Crippen LogP contribution in [0.3, 0.4) is 0 Å². The number of hydrogen-bond donors (Lipinski definition) is 0. The average molecular weight is 352 g/mol. The Kier molecular flexibility index (Phi) is 5.54. The number of halogens is 1. The summed E-state index contributed by atoms with van der Waals surface area (Å²) in [5.41, 5.74) is 6.43. The maximum absolute atomic E-state index is 13.8. The molecule has 0 unspecified atom stereocenters. The Labute approximate surface area is 152 Å². The van der Waals surface area contributed by atoms with Gasteiger partial charge < -0.3 is 4.79 Å². The molecule has 1 aromatic carbocycles. The SMILES string of the molecule is CSC1=CC=C(/C=C2/C(C)=C(CCC=O)c3cc(F)ccc32)C=CC1. The fourth-order valence-electron chi connectivity index (χ4n) is 3.32. The van der Waals surface area contributed by atoms with Crippen molar-refractivity contribution in [3.05, 3.63) is 81.6 Å². The van der Waals surface area contributed by atoms with Gasteiger partial charge in [0, 0.05) is 6.42 Å². The summed E-state index contributed by atoms with van der Waals surface area (Å²) >= 11 is 1.76. The van der Waals surface area contributed by atoms with Gasteiger partial charge in [0.05, 0.1) is 0 Å². The number of fused-ring (bicyclic) bond motifs is 1. The summed E-state index contributed by atoms with van der Waals surface area (Å²) in [6, 6.07) is 4.94. The molecule has 2 aliphatic rings. The Morgan fingerprint density at radius 3 is 2.84 bits per heavy atom. The van der Waals surface area contributed by atoms with Gasteiger partial charge in [0.25, 0.3) is 0 Å². The van der Waals surface area contributed by atoms with E-state index in [1.165, 1.54) is 11.0 Å². The monoisotopic (exact) mass is 352 g/mol. The summed E-state index contributed by atoms with van der Waals surface area (Å²) in [6.45, 7) is 2.06. The lowest BCUT2D eigenvalue weighted by molar-refractivity contribution is -0.107. The van der Waals surface area contributed by atoms with Gasteiger partial charge in [-0.15, -0.1) is 11.8 Å². The van der Waals surface area contributed by atoms with Crippen molar-refractivity contribution in [1.82, 2.24) is 0 Å². The molecule has 3 heteroatoms. The van der Waals surface area contributed by atoms with Crippen molar-refractivity contribution in [2.45, 2.75) is 26.2 Å². The second kappa shape index (κ2) is 7.83. The molecule has 1 aromatic rings. The molecule has 1 nitrogen and oxygen atoms in total. The molecular weight excluding hydrogens is 331 g/mol. The van der Waals surface area contributed by atoms with Crippen LogP contribution in [0.1, 0.15) is 37.3 Å². The summed E-state index contributed by atoms with van der Waals surface area (Å²) < 4.78 is 13.8. The molecule has 0 aromatic heterocycles. The molecule has 0 bridgehead atoms. The molecule has 2 aliphatic carbocycles. The quantitative estimate of drug-likeness (QED) is 0.595. The fraction of sp³-hybridized carbons (Fsp3) is 0.227. The first-order valence-electron chi connectivity index (χ1n) is 8.41. The molecule has 0 spiro atoms. The highest BCUT2D eigenvalue weighted by Gasteiger charge is 2.23. The van der Waals surface area contributed by atoms with Crippen molar-refractivity contribution in [1.29, 1.82) is 0 Å². The summed E-state index contributed by atoms with van der Waals surface area (Å²) in [6.07, 6.45) is 15.8. The Hall–Kier alpha value is -2.13. The van der Waals surface area contributed by atoms with E-state index in [9.17, 15) is 9.18 Å². The number of aldehydes is 1. The van der Waals surface area contributed by atoms with Crippen LogP contribution < -0.4 is 0 Å². The van der Waals surface area contributed by atoms with Crippen molar-refractivity contribution < 1.29 is 9.18 Å². The topological polar surface area (TPSA) is 17.1 Å². The van der Waals surface area contributed by atoms with E-state index >= 15 is 0 Å². The molecule has 0 saturated carbocycles. The van der Waals surface area contributed by atoms with E-state index < -0.39 is 0 Å². The van der Waals surface area contributed by atoms with E-state index in [1.807, 2.05) is 6.07 Å². The predicted molar refractivity (Wildman–Crippen MR) is 106 cm³/mol. The molecule has 25 heavy (non-hydrogen) atoms. The first kappa shape index (κ1) is 17.7. The number of carbonyl (C=O) groups excluding carboxylic acids is 1. The Balaban J connectivity index is 2.07. The van der Waals surface area contributed by atoms with Gasteiger partial charge in [-0.25, -0.2) is 4.39 Å². The van der Waals surface area contributed by atoms with Crippen molar-refractivity contribution in [3.8, 4) is 0 Å². The van der Waals surface area contributed by atoms with Crippen molar-refractivity contribution in [3.63, 3.8) is 0 Å². The first-order chi connectivity index (χ1) is 12.1. The van der Waals surface area contributed by atoms with Gasteiger partial charge in [0.1, 0.15) is 12.1 Å². The van der Waals surface area contributed by atoms with Gasteiger partial charge in [-0.05, 0) is 82.6 Å². The zero-order valence-corrected chi connectivity index (χ0v) is 15.3. The molecule has 0 heterocycles. The lowest BCUT2D eigenvalue weighted by Crippen LogP contribution is -1.88. The highest BCUT2D eigenvalue weighted by molar-refractivity contribution is 8.02. The van der Waals surface area contributed by atoms with Crippen LogP contribution in [-0.2, 0) is 4.79 Å². The second-order valence-corrected chi connectivity index (χ2v) is 7.10. The standard InChI is InChI=1S/C22H21FOS/c1-15-19(7-4-12-24)22-14-17(23)9-11-20(22)21(15)13-16-5-3-6-18(25-2)10-8-16/h3,5,8-14H,4,6-7H2,1-2H3/b21-13-. The van der Waals surface area contributed by atoms with Gasteiger partial charge in [-0.1, -0.05) is 30.4 Å². The van der Waals surface area contributed by atoms with Gasteiger partial charge in [0.15, 0.2) is 0 Å². The van der Waals surface area contributed by atoms with Gasteiger partial charge in [-0.2, -0.15) is 0 Å². The number of benzene rings is 1. The van der Waals surface area contributed by atoms with Crippen LogP contribution >= 0.6 is 11.8 Å². The van der Waals surface area contributed by atoms with E-state index in [1.54, 1.807) is 17.8 Å². The Morgan fingerprint density at radius 1 is 1.24 bits per heavy atom. The van der Waals surface area contributed by atoms with Gasteiger partial charge in [-0.3, -0.25) is 0 Å². The summed E-state index contributed by atoms with van der Waals surface area (Å²) in [5, 5.41) is 0. The van der Waals surface area contributed by atoms with E-state index in [4.69, 9.17) is 0 Å². The van der Waals surface area contributed by atoms with E-state index in [2.05, 4.69) is 43.6 Å². The van der Waals surface area contributed by atoms with Crippen LogP contribution in [0, 0.1) is 5.82 Å². The van der Waals surface area contributed by atoms with E-state index in [-0.39, 0.29) is 5.82 Å². The predicted octanol–water partition coefficient (Wildman–Crippen LogP) is 6.11. The number of hydrogen-bond acceptors (Lipinski definition) is 2. The third kappa shape index (κ3) is 3.77. The molecule has 0 fully saturated rings. The normalized spacial score (nSPS) is 18.1. The van der Waals surface area contributed by atoms with Crippen molar-refractivity contribution in [2.24, 2.45) is 0 Å². The Bertz CT molecular complexity index is 853. The number of carbonyl (C=O) groups is 1. The lowest BCUT2D eigenvalue weighted by atomic mass is 10.0. The summed E-state index contributed by atoms with van der Waals surface area (Å²) in [4.78, 5) is 12.1. The smallest absolute Gasteiger partial charge is 0.123 e. The van der Waals surface area contributed by atoms with Crippen LogP contribution in [-0.4, -0.2) is 12.5 Å². The largest absolute Gasteiger partial charge is 0.303 e. The van der Waals surface area contributed by atoms with Crippen LogP contribution in [0.5, 0.6) is 0 Å². The minimum atomic E-state index is -0.238. The molecule has 0 radical (unpaired) electrons. The maximum atomic E-state index is 13.8. The second-order valence-electron chi connectivity index (χ2n) is 6.17. The zero-order chi connectivity index (χ0) is 17.8. The molecule has 0 amide bonds. The fourth-order valence-corrected chi connectivity index (χ4v) is 3.78. The van der Waals surface area contributed by atoms with Crippen LogP contribution in [0.15, 0.2) is 64.6 Å². The minimum Gasteiger partial charge on any atom is -0.303 e. The molecule has 0 N–H and O–H groups in total. The van der Waals surface area contributed by atoms with Crippen LogP contribution in [0.25, 0.3) is 11.1 Å². The van der Waals surface area contributed by atoms with Crippen molar-refractivity contribution in [2.75, 3.05) is 6.26 Å². The molecule has 3 rings (SSSR count). The van der Waals surface area contributed by atoms with Crippen LogP contribution in [0.4, 0.5) is 4.39 Å².